The Bertz CT molecular complexity index is 612. The second kappa shape index (κ2) is 8.14. The largest absolute Gasteiger partial charge is 0.478 e. The molecule has 2 aromatic rings. The van der Waals surface area contributed by atoms with Gasteiger partial charge in [0.15, 0.2) is 0 Å². The molecule has 0 bridgehead atoms. The van der Waals surface area contributed by atoms with Crippen LogP contribution < -0.4 is 10.1 Å². The number of nitrogens with zero attached hydrogens (tertiary/aromatic N) is 1. The summed E-state index contributed by atoms with van der Waals surface area (Å²) < 4.78 is 5.61. The highest BCUT2D eigenvalue weighted by Crippen LogP contribution is 2.14. The predicted octanol–water partition coefficient (Wildman–Crippen LogP) is 2.86. The third-order valence-corrected chi connectivity index (χ3v) is 3.14. The maximum absolute atomic E-state index is 10.8. The minimum Gasteiger partial charge on any atom is -0.478 e. The van der Waals surface area contributed by atoms with Gasteiger partial charge in [-0.25, -0.2) is 9.78 Å². The van der Waals surface area contributed by atoms with Crippen LogP contribution in [0.4, 0.5) is 0 Å². The third kappa shape index (κ3) is 4.56. The molecule has 1 heterocycles. The number of hydrogen-bond donors (Lipinski definition) is 2. The quantitative estimate of drug-likeness (QED) is 0.784. The van der Waals surface area contributed by atoms with Crippen LogP contribution in [-0.4, -0.2) is 22.7 Å². The normalized spacial score (nSPS) is 10.4. The first-order valence-corrected chi connectivity index (χ1v) is 7.30. The lowest BCUT2D eigenvalue weighted by Crippen LogP contribution is -2.14. The van der Waals surface area contributed by atoms with E-state index >= 15 is 0 Å². The molecule has 22 heavy (non-hydrogen) atoms. The fourth-order valence-electron chi connectivity index (χ4n) is 1.99. The standard InChI is InChI=1S/C17H20N2O3/c1-2-10-22-16-15(4-3-9-19-16)12-18-11-13-5-7-14(8-6-13)17(20)21/h3-9,18H,2,10-12H2,1H3,(H,20,21). The summed E-state index contributed by atoms with van der Waals surface area (Å²) in [4.78, 5) is 15.0. The van der Waals surface area contributed by atoms with Crippen LogP contribution in [-0.2, 0) is 13.1 Å². The fourth-order valence-corrected chi connectivity index (χ4v) is 1.99. The van der Waals surface area contributed by atoms with E-state index in [2.05, 4.69) is 17.2 Å². The number of rotatable bonds is 8. The number of pyridine rings is 1. The van der Waals surface area contributed by atoms with Crippen LogP contribution in [0, 0.1) is 0 Å². The molecule has 2 N–H and O–H groups in total. The molecule has 116 valence electrons. The number of carbonyl (C=O) groups is 1. The Labute approximate surface area is 130 Å². The first kappa shape index (κ1) is 16.0. The fraction of sp³-hybridized carbons (Fsp3) is 0.294. The summed E-state index contributed by atoms with van der Waals surface area (Å²) in [7, 11) is 0. The summed E-state index contributed by atoms with van der Waals surface area (Å²) in [5, 5.41) is 12.2. The van der Waals surface area contributed by atoms with Gasteiger partial charge in [-0.15, -0.1) is 0 Å². The van der Waals surface area contributed by atoms with Gasteiger partial charge in [0.05, 0.1) is 12.2 Å². The molecule has 1 aromatic heterocycles. The van der Waals surface area contributed by atoms with Crippen molar-refractivity contribution in [3.8, 4) is 5.88 Å². The van der Waals surface area contributed by atoms with E-state index in [9.17, 15) is 4.79 Å². The molecule has 1 aromatic carbocycles. The van der Waals surface area contributed by atoms with Crippen LogP contribution >= 0.6 is 0 Å². The minimum atomic E-state index is -0.910. The number of carboxylic acids is 1. The Morgan fingerprint density at radius 1 is 1.23 bits per heavy atom. The van der Waals surface area contributed by atoms with Gasteiger partial charge in [-0.05, 0) is 30.2 Å². The molecule has 0 aliphatic heterocycles. The number of aromatic carboxylic acids is 1. The lowest BCUT2D eigenvalue weighted by Gasteiger charge is -2.10. The van der Waals surface area contributed by atoms with Gasteiger partial charge in [0.2, 0.25) is 5.88 Å². The lowest BCUT2D eigenvalue weighted by atomic mass is 10.1. The number of aromatic nitrogens is 1. The molecule has 0 atom stereocenters. The third-order valence-electron chi connectivity index (χ3n) is 3.14. The van der Waals surface area contributed by atoms with Crippen molar-refractivity contribution < 1.29 is 14.6 Å². The average molecular weight is 300 g/mol. The maximum Gasteiger partial charge on any atom is 0.335 e. The van der Waals surface area contributed by atoms with Gasteiger partial charge >= 0.3 is 5.97 Å². The van der Waals surface area contributed by atoms with Crippen LogP contribution in [0.2, 0.25) is 0 Å². The predicted molar refractivity (Wildman–Crippen MR) is 84.0 cm³/mol. The number of nitrogens with one attached hydrogen (secondary N) is 1. The number of benzene rings is 1. The SMILES string of the molecule is CCCOc1ncccc1CNCc1ccc(C(=O)O)cc1. The minimum absolute atomic E-state index is 0.297. The second-order valence-electron chi connectivity index (χ2n) is 4.92. The van der Waals surface area contributed by atoms with E-state index in [1.54, 1.807) is 18.3 Å². The van der Waals surface area contributed by atoms with E-state index in [1.807, 2.05) is 24.3 Å². The van der Waals surface area contributed by atoms with Crippen molar-refractivity contribution in [2.45, 2.75) is 26.4 Å². The molecule has 0 radical (unpaired) electrons. The first-order chi connectivity index (χ1) is 10.7. The molecule has 0 saturated carbocycles. The van der Waals surface area contributed by atoms with Crippen molar-refractivity contribution >= 4 is 5.97 Å². The molecule has 0 amide bonds. The van der Waals surface area contributed by atoms with Gasteiger partial charge in [0.1, 0.15) is 0 Å². The molecular formula is C17H20N2O3. The topological polar surface area (TPSA) is 71.5 Å². The molecule has 0 saturated heterocycles. The van der Waals surface area contributed by atoms with Crippen molar-refractivity contribution in [1.29, 1.82) is 0 Å². The highest BCUT2D eigenvalue weighted by atomic mass is 16.5. The van der Waals surface area contributed by atoms with E-state index in [4.69, 9.17) is 9.84 Å². The molecule has 5 heteroatoms. The average Bonchev–Trinajstić information content (AvgIpc) is 2.54. The summed E-state index contributed by atoms with van der Waals surface area (Å²) in [6.45, 7) is 4.01. The highest BCUT2D eigenvalue weighted by Gasteiger charge is 2.05. The van der Waals surface area contributed by atoms with E-state index in [1.165, 1.54) is 0 Å². The van der Waals surface area contributed by atoms with Crippen molar-refractivity contribution in [2.24, 2.45) is 0 Å². The van der Waals surface area contributed by atoms with Gasteiger partial charge in [0.25, 0.3) is 0 Å². The van der Waals surface area contributed by atoms with Crippen molar-refractivity contribution in [2.75, 3.05) is 6.61 Å². The zero-order chi connectivity index (χ0) is 15.8. The summed E-state index contributed by atoms with van der Waals surface area (Å²) in [6, 6.07) is 10.7. The number of carboxylic acid groups (broad SMARTS) is 1. The highest BCUT2D eigenvalue weighted by molar-refractivity contribution is 5.87. The Morgan fingerprint density at radius 3 is 2.68 bits per heavy atom. The van der Waals surface area contributed by atoms with Crippen LogP contribution in [0.5, 0.6) is 5.88 Å². The van der Waals surface area contributed by atoms with Gasteiger partial charge in [-0.3, -0.25) is 0 Å². The molecule has 0 aliphatic carbocycles. The van der Waals surface area contributed by atoms with Crippen LogP contribution in [0.3, 0.4) is 0 Å². The Kier molecular flexibility index (Phi) is 5.91. The Hall–Kier alpha value is -2.40. The van der Waals surface area contributed by atoms with Gasteiger partial charge < -0.3 is 15.2 Å². The van der Waals surface area contributed by atoms with E-state index in [0.29, 0.717) is 31.1 Å². The summed E-state index contributed by atoms with van der Waals surface area (Å²) in [5.41, 5.74) is 2.34. The molecule has 0 aliphatic rings. The van der Waals surface area contributed by atoms with Crippen molar-refractivity contribution in [3.05, 3.63) is 59.3 Å². The summed E-state index contributed by atoms with van der Waals surface area (Å²) in [6.07, 6.45) is 2.67. The van der Waals surface area contributed by atoms with Gasteiger partial charge in [-0.2, -0.15) is 0 Å². The van der Waals surface area contributed by atoms with Crippen molar-refractivity contribution in [1.82, 2.24) is 10.3 Å². The molecule has 2 rings (SSSR count). The zero-order valence-electron chi connectivity index (χ0n) is 12.6. The van der Waals surface area contributed by atoms with E-state index in [0.717, 1.165) is 17.5 Å². The second-order valence-corrected chi connectivity index (χ2v) is 4.92. The Morgan fingerprint density at radius 2 is 2.00 bits per heavy atom. The van der Waals surface area contributed by atoms with Gasteiger partial charge in [0, 0.05) is 24.8 Å². The smallest absolute Gasteiger partial charge is 0.335 e. The molecule has 0 unspecified atom stereocenters. The molecule has 0 spiro atoms. The summed E-state index contributed by atoms with van der Waals surface area (Å²) >= 11 is 0. The van der Waals surface area contributed by atoms with Crippen molar-refractivity contribution in [3.63, 3.8) is 0 Å². The monoisotopic (exact) mass is 300 g/mol. The summed E-state index contributed by atoms with van der Waals surface area (Å²) in [5.74, 6) is -0.245. The molecule has 5 nitrogen and oxygen atoms in total. The maximum atomic E-state index is 10.8. The molecule has 0 fully saturated rings. The lowest BCUT2D eigenvalue weighted by molar-refractivity contribution is 0.0697. The molecular weight excluding hydrogens is 280 g/mol. The number of ether oxygens (including phenoxy) is 1. The van der Waals surface area contributed by atoms with Crippen LogP contribution in [0.15, 0.2) is 42.6 Å². The van der Waals surface area contributed by atoms with E-state index in [-0.39, 0.29) is 0 Å². The number of hydrogen-bond acceptors (Lipinski definition) is 4. The van der Waals surface area contributed by atoms with Crippen LogP contribution in [0.25, 0.3) is 0 Å². The zero-order valence-corrected chi connectivity index (χ0v) is 12.6. The van der Waals surface area contributed by atoms with E-state index < -0.39 is 5.97 Å². The van der Waals surface area contributed by atoms with Crippen LogP contribution in [0.1, 0.15) is 34.8 Å². The Balaban J connectivity index is 1.89. The van der Waals surface area contributed by atoms with Gasteiger partial charge in [-0.1, -0.05) is 25.1 Å². The first-order valence-electron chi connectivity index (χ1n) is 7.30.